The summed E-state index contributed by atoms with van der Waals surface area (Å²) in [4.78, 5) is 2.26. The zero-order valence-electron chi connectivity index (χ0n) is 11.9. The van der Waals surface area contributed by atoms with Crippen LogP contribution in [-0.2, 0) is 16.6 Å². The van der Waals surface area contributed by atoms with Crippen LogP contribution < -0.4 is 0 Å². The monoisotopic (exact) mass is 360 g/mol. The third-order valence-corrected chi connectivity index (χ3v) is 7.28. The van der Waals surface area contributed by atoms with Crippen LogP contribution in [0.5, 0.6) is 0 Å². The van der Waals surface area contributed by atoms with Crippen LogP contribution in [0.2, 0.25) is 4.34 Å². The Labute approximate surface area is 139 Å². The molecule has 6 nitrogen and oxygen atoms in total. The Hall–Kier alpha value is -0.930. The second kappa shape index (κ2) is 6.67. The van der Waals surface area contributed by atoms with E-state index in [1.807, 2.05) is 16.9 Å². The molecule has 0 aliphatic carbocycles. The van der Waals surface area contributed by atoms with E-state index in [4.69, 9.17) is 11.6 Å². The molecule has 1 saturated heterocycles. The van der Waals surface area contributed by atoms with Gasteiger partial charge >= 0.3 is 0 Å². The van der Waals surface area contributed by atoms with Gasteiger partial charge in [-0.1, -0.05) is 11.6 Å². The van der Waals surface area contributed by atoms with E-state index < -0.39 is 10.0 Å². The summed E-state index contributed by atoms with van der Waals surface area (Å²) in [6.45, 7) is 4.19. The van der Waals surface area contributed by atoms with Crippen molar-refractivity contribution < 1.29 is 8.42 Å². The fraction of sp³-hybridized carbons (Fsp3) is 0.462. The van der Waals surface area contributed by atoms with Crippen molar-refractivity contribution in [2.75, 3.05) is 32.7 Å². The SMILES string of the molecule is O=S(=O)(c1ccc(Cl)s1)N1CCN(CCn2cccn2)CC1. The van der Waals surface area contributed by atoms with E-state index in [0.717, 1.165) is 37.5 Å². The second-order valence-corrected chi connectivity index (χ2v) is 8.95. The van der Waals surface area contributed by atoms with Gasteiger partial charge < -0.3 is 0 Å². The van der Waals surface area contributed by atoms with Crippen LogP contribution in [0.15, 0.2) is 34.8 Å². The molecule has 1 aliphatic rings. The molecule has 2 aromatic heterocycles. The van der Waals surface area contributed by atoms with Crippen LogP contribution in [0, 0.1) is 0 Å². The summed E-state index contributed by atoms with van der Waals surface area (Å²) in [5.41, 5.74) is 0. The molecule has 120 valence electrons. The van der Waals surface area contributed by atoms with E-state index >= 15 is 0 Å². The van der Waals surface area contributed by atoms with E-state index in [0.29, 0.717) is 21.6 Å². The molecule has 0 unspecified atom stereocenters. The number of hydrogen-bond acceptors (Lipinski definition) is 5. The average Bonchev–Trinajstić information content (AvgIpc) is 3.17. The lowest BCUT2D eigenvalue weighted by Crippen LogP contribution is -2.49. The van der Waals surface area contributed by atoms with Crippen molar-refractivity contribution in [1.29, 1.82) is 0 Å². The normalized spacial score (nSPS) is 17.9. The largest absolute Gasteiger partial charge is 0.299 e. The third kappa shape index (κ3) is 3.52. The molecule has 0 bridgehead atoms. The lowest BCUT2D eigenvalue weighted by atomic mass is 10.3. The van der Waals surface area contributed by atoms with Crippen molar-refractivity contribution in [2.24, 2.45) is 0 Å². The molecule has 0 saturated carbocycles. The number of nitrogens with zero attached hydrogens (tertiary/aromatic N) is 4. The first-order chi connectivity index (χ1) is 10.6. The summed E-state index contributed by atoms with van der Waals surface area (Å²) in [5, 5.41) is 4.17. The average molecular weight is 361 g/mol. The zero-order chi connectivity index (χ0) is 15.6. The number of thiophene rings is 1. The molecule has 0 N–H and O–H groups in total. The molecular weight excluding hydrogens is 344 g/mol. The van der Waals surface area contributed by atoms with Gasteiger partial charge in [-0.15, -0.1) is 11.3 Å². The number of aromatic nitrogens is 2. The molecule has 9 heteroatoms. The third-order valence-electron chi connectivity index (χ3n) is 3.68. The Bertz CT molecular complexity index is 706. The summed E-state index contributed by atoms with van der Waals surface area (Å²) < 4.78 is 29.2. The summed E-state index contributed by atoms with van der Waals surface area (Å²) in [7, 11) is -3.40. The molecule has 3 rings (SSSR count). The van der Waals surface area contributed by atoms with Crippen molar-refractivity contribution in [3.8, 4) is 0 Å². The van der Waals surface area contributed by atoms with Crippen LogP contribution in [-0.4, -0.2) is 60.1 Å². The minimum atomic E-state index is -3.40. The quantitative estimate of drug-likeness (QED) is 0.812. The molecule has 22 heavy (non-hydrogen) atoms. The molecule has 0 atom stereocenters. The Kier molecular flexibility index (Phi) is 4.84. The van der Waals surface area contributed by atoms with E-state index in [-0.39, 0.29) is 0 Å². The first-order valence-electron chi connectivity index (χ1n) is 7.01. The van der Waals surface area contributed by atoms with Gasteiger partial charge in [0, 0.05) is 45.1 Å². The first kappa shape index (κ1) is 15.9. The molecule has 3 heterocycles. The highest BCUT2D eigenvalue weighted by molar-refractivity contribution is 7.91. The Morgan fingerprint density at radius 2 is 1.95 bits per heavy atom. The van der Waals surface area contributed by atoms with Gasteiger partial charge in [0.2, 0.25) is 0 Å². The number of piperazine rings is 1. The maximum Gasteiger partial charge on any atom is 0.252 e. The summed E-state index contributed by atoms with van der Waals surface area (Å²) in [6.07, 6.45) is 3.69. The van der Waals surface area contributed by atoms with Crippen molar-refractivity contribution >= 4 is 33.0 Å². The van der Waals surface area contributed by atoms with Crippen LogP contribution in [0.3, 0.4) is 0 Å². The number of halogens is 1. The van der Waals surface area contributed by atoms with Gasteiger partial charge in [-0.2, -0.15) is 9.40 Å². The van der Waals surface area contributed by atoms with Gasteiger partial charge in [0.25, 0.3) is 10.0 Å². The molecule has 0 aromatic carbocycles. The topological polar surface area (TPSA) is 58.4 Å². The number of hydrogen-bond donors (Lipinski definition) is 0. The molecule has 0 spiro atoms. The van der Waals surface area contributed by atoms with Gasteiger partial charge in [-0.05, 0) is 18.2 Å². The number of rotatable bonds is 5. The first-order valence-corrected chi connectivity index (χ1v) is 9.64. The Morgan fingerprint density at radius 1 is 1.18 bits per heavy atom. The summed E-state index contributed by atoms with van der Waals surface area (Å²) in [5.74, 6) is 0. The fourth-order valence-electron chi connectivity index (χ4n) is 2.43. The van der Waals surface area contributed by atoms with E-state index in [2.05, 4.69) is 10.00 Å². The summed E-state index contributed by atoms with van der Waals surface area (Å²) in [6, 6.07) is 5.10. The molecular formula is C13H17ClN4O2S2. The van der Waals surface area contributed by atoms with Crippen molar-refractivity contribution in [1.82, 2.24) is 19.0 Å². The maximum atomic E-state index is 12.5. The molecule has 1 aliphatic heterocycles. The van der Waals surface area contributed by atoms with Gasteiger partial charge in [-0.3, -0.25) is 9.58 Å². The highest BCUT2D eigenvalue weighted by Gasteiger charge is 2.29. The van der Waals surface area contributed by atoms with E-state index in [1.165, 1.54) is 0 Å². The van der Waals surface area contributed by atoms with Gasteiger partial charge in [0.1, 0.15) is 4.21 Å². The number of sulfonamides is 1. The van der Waals surface area contributed by atoms with Gasteiger partial charge in [0.05, 0.1) is 10.9 Å². The molecule has 0 amide bonds. The highest BCUT2D eigenvalue weighted by atomic mass is 35.5. The fourth-order valence-corrected chi connectivity index (χ4v) is 5.49. The van der Waals surface area contributed by atoms with Crippen LogP contribution in [0.1, 0.15) is 0 Å². The summed E-state index contributed by atoms with van der Waals surface area (Å²) >= 11 is 6.95. The highest BCUT2D eigenvalue weighted by Crippen LogP contribution is 2.28. The van der Waals surface area contributed by atoms with Gasteiger partial charge in [-0.25, -0.2) is 8.42 Å². The Morgan fingerprint density at radius 3 is 2.55 bits per heavy atom. The van der Waals surface area contributed by atoms with Crippen molar-refractivity contribution in [3.63, 3.8) is 0 Å². The second-order valence-electron chi connectivity index (χ2n) is 5.07. The van der Waals surface area contributed by atoms with Crippen LogP contribution in [0.25, 0.3) is 0 Å². The predicted molar refractivity (Wildman–Crippen MR) is 86.8 cm³/mol. The van der Waals surface area contributed by atoms with Crippen LogP contribution >= 0.6 is 22.9 Å². The lowest BCUT2D eigenvalue weighted by molar-refractivity contribution is 0.181. The zero-order valence-corrected chi connectivity index (χ0v) is 14.3. The predicted octanol–water partition coefficient (Wildman–Crippen LogP) is 1.60. The minimum absolute atomic E-state index is 0.322. The van der Waals surface area contributed by atoms with E-state index in [9.17, 15) is 8.42 Å². The minimum Gasteiger partial charge on any atom is -0.299 e. The molecule has 1 fully saturated rings. The lowest BCUT2D eigenvalue weighted by Gasteiger charge is -2.33. The maximum absolute atomic E-state index is 12.5. The van der Waals surface area contributed by atoms with Crippen molar-refractivity contribution in [3.05, 3.63) is 34.9 Å². The van der Waals surface area contributed by atoms with Crippen molar-refractivity contribution in [2.45, 2.75) is 10.8 Å². The van der Waals surface area contributed by atoms with Crippen LogP contribution in [0.4, 0.5) is 0 Å². The molecule has 2 aromatic rings. The van der Waals surface area contributed by atoms with E-state index in [1.54, 1.807) is 22.6 Å². The standard InChI is InChI=1S/C13H17ClN4O2S2/c14-12-2-3-13(21-12)22(19,20)18-10-7-16(8-11-18)6-9-17-5-1-4-15-17/h1-5H,6-11H2. The Balaban J connectivity index is 1.55. The smallest absolute Gasteiger partial charge is 0.252 e. The van der Waals surface area contributed by atoms with Gasteiger partial charge in [0.15, 0.2) is 0 Å². The molecule has 0 radical (unpaired) electrons.